The number of nitrogens with zero attached hydrogens (tertiary/aromatic N) is 1. The van der Waals surface area contributed by atoms with Gasteiger partial charge in [-0.05, 0) is 11.6 Å². The van der Waals surface area contributed by atoms with E-state index in [0.717, 1.165) is 19.3 Å². The molecule has 0 saturated carbocycles. The third kappa shape index (κ3) is 3.57. The number of alkyl halides is 3. The standard InChI is InChI=1S/C10H12F3N3O/c11-10(12,13)17-8-3-7(4-15-5-8)9-6-14-1-2-16-9/h3-5,9,14,16H,1-2,6H2. The van der Waals surface area contributed by atoms with Gasteiger partial charge in [0.1, 0.15) is 5.75 Å². The Balaban J connectivity index is 2.10. The Bertz CT molecular complexity index is 377. The van der Waals surface area contributed by atoms with E-state index in [0.29, 0.717) is 12.1 Å². The first-order chi connectivity index (χ1) is 8.04. The Labute approximate surface area is 96.2 Å². The number of hydrogen-bond donors (Lipinski definition) is 2. The molecule has 1 unspecified atom stereocenters. The van der Waals surface area contributed by atoms with E-state index < -0.39 is 6.36 Å². The largest absolute Gasteiger partial charge is 0.573 e. The van der Waals surface area contributed by atoms with Crippen LogP contribution in [-0.2, 0) is 0 Å². The molecule has 0 aliphatic carbocycles. The highest BCUT2D eigenvalue weighted by atomic mass is 19.4. The van der Waals surface area contributed by atoms with Crippen LogP contribution in [0.15, 0.2) is 18.5 Å². The molecule has 7 heteroatoms. The highest BCUT2D eigenvalue weighted by molar-refractivity contribution is 5.26. The van der Waals surface area contributed by atoms with E-state index in [2.05, 4.69) is 20.4 Å². The molecular weight excluding hydrogens is 235 g/mol. The number of nitrogens with one attached hydrogen (secondary N) is 2. The normalized spacial score (nSPS) is 21.2. The van der Waals surface area contributed by atoms with Crippen molar-refractivity contribution in [3.8, 4) is 5.75 Å². The lowest BCUT2D eigenvalue weighted by Crippen LogP contribution is -2.42. The van der Waals surface area contributed by atoms with E-state index in [1.807, 2.05) is 0 Å². The quantitative estimate of drug-likeness (QED) is 0.824. The van der Waals surface area contributed by atoms with Crippen molar-refractivity contribution in [2.75, 3.05) is 19.6 Å². The molecule has 0 bridgehead atoms. The van der Waals surface area contributed by atoms with Crippen molar-refractivity contribution in [2.45, 2.75) is 12.4 Å². The van der Waals surface area contributed by atoms with Gasteiger partial charge in [-0.3, -0.25) is 4.98 Å². The first-order valence-electron chi connectivity index (χ1n) is 5.19. The fraction of sp³-hybridized carbons (Fsp3) is 0.500. The maximum Gasteiger partial charge on any atom is 0.573 e. The molecule has 1 fully saturated rings. The second-order valence-corrected chi connectivity index (χ2v) is 3.71. The number of hydrogen-bond acceptors (Lipinski definition) is 4. The molecule has 0 aromatic carbocycles. The summed E-state index contributed by atoms with van der Waals surface area (Å²) < 4.78 is 39.9. The highest BCUT2D eigenvalue weighted by Crippen LogP contribution is 2.24. The van der Waals surface area contributed by atoms with E-state index in [9.17, 15) is 13.2 Å². The van der Waals surface area contributed by atoms with Crippen LogP contribution in [0.1, 0.15) is 11.6 Å². The SMILES string of the molecule is FC(F)(F)Oc1cncc(C2CNCCN2)c1. The molecule has 94 valence electrons. The predicted molar refractivity (Wildman–Crippen MR) is 54.5 cm³/mol. The van der Waals surface area contributed by atoms with Gasteiger partial charge in [-0.25, -0.2) is 0 Å². The van der Waals surface area contributed by atoms with Crippen LogP contribution < -0.4 is 15.4 Å². The summed E-state index contributed by atoms with van der Waals surface area (Å²) in [5.74, 6) is -0.289. The molecule has 0 radical (unpaired) electrons. The van der Waals surface area contributed by atoms with Gasteiger partial charge in [0.05, 0.1) is 6.20 Å². The van der Waals surface area contributed by atoms with Crippen molar-refractivity contribution < 1.29 is 17.9 Å². The van der Waals surface area contributed by atoms with E-state index in [4.69, 9.17) is 0 Å². The first kappa shape index (κ1) is 12.1. The van der Waals surface area contributed by atoms with Crippen LogP contribution in [0.3, 0.4) is 0 Å². The lowest BCUT2D eigenvalue weighted by Gasteiger charge is -2.24. The topological polar surface area (TPSA) is 46.2 Å². The Morgan fingerprint density at radius 1 is 1.29 bits per heavy atom. The highest BCUT2D eigenvalue weighted by Gasteiger charge is 2.31. The van der Waals surface area contributed by atoms with Gasteiger partial charge in [-0.1, -0.05) is 0 Å². The lowest BCUT2D eigenvalue weighted by molar-refractivity contribution is -0.274. The van der Waals surface area contributed by atoms with E-state index >= 15 is 0 Å². The number of ether oxygens (including phenoxy) is 1. The fourth-order valence-electron chi connectivity index (χ4n) is 1.70. The molecule has 2 N–H and O–H groups in total. The molecule has 2 heterocycles. The average Bonchev–Trinajstić information content (AvgIpc) is 2.28. The molecule has 17 heavy (non-hydrogen) atoms. The number of aromatic nitrogens is 1. The predicted octanol–water partition coefficient (Wildman–Crippen LogP) is 1.21. The Morgan fingerprint density at radius 2 is 2.12 bits per heavy atom. The van der Waals surface area contributed by atoms with Crippen LogP contribution >= 0.6 is 0 Å². The molecule has 1 atom stereocenters. The molecule has 1 aromatic heterocycles. The summed E-state index contributed by atoms with van der Waals surface area (Å²) >= 11 is 0. The average molecular weight is 247 g/mol. The number of pyridine rings is 1. The summed E-state index contributed by atoms with van der Waals surface area (Å²) in [4.78, 5) is 3.75. The van der Waals surface area contributed by atoms with Gasteiger partial charge in [-0.15, -0.1) is 13.2 Å². The molecule has 1 aliphatic heterocycles. The van der Waals surface area contributed by atoms with Crippen LogP contribution in [0.5, 0.6) is 5.75 Å². The second-order valence-electron chi connectivity index (χ2n) is 3.71. The monoisotopic (exact) mass is 247 g/mol. The van der Waals surface area contributed by atoms with Gasteiger partial charge >= 0.3 is 6.36 Å². The van der Waals surface area contributed by atoms with Gasteiger partial charge in [0.2, 0.25) is 0 Å². The van der Waals surface area contributed by atoms with Crippen molar-refractivity contribution in [1.82, 2.24) is 15.6 Å². The minimum atomic E-state index is -4.68. The minimum absolute atomic E-state index is 0.0342. The van der Waals surface area contributed by atoms with Gasteiger partial charge in [0, 0.05) is 31.9 Å². The Morgan fingerprint density at radius 3 is 2.76 bits per heavy atom. The molecule has 0 spiro atoms. The summed E-state index contributed by atoms with van der Waals surface area (Å²) in [5, 5.41) is 6.33. The summed E-state index contributed by atoms with van der Waals surface area (Å²) in [6.07, 6.45) is -2.10. The molecular formula is C10H12F3N3O. The third-order valence-corrected chi connectivity index (χ3v) is 2.41. The van der Waals surface area contributed by atoms with Gasteiger partial charge in [0.15, 0.2) is 0 Å². The van der Waals surface area contributed by atoms with Gasteiger partial charge < -0.3 is 15.4 Å². The van der Waals surface area contributed by atoms with Crippen molar-refractivity contribution in [3.05, 3.63) is 24.0 Å². The van der Waals surface area contributed by atoms with Crippen LogP contribution in [0.4, 0.5) is 13.2 Å². The molecule has 4 nitrogen and oxygen atoms in total. The van der Waals surface area contributed by atoms with E-state index in [-0.39, 0.29) is 11.8 Å². The maximum atomic E-state index is 12.0. The number of piperazine rings is 1. The zero-order valence-electron chi connectivity index (χ0n) is 8.92. The number of halogens is 3. The van der Waals surface area contributed by atoms with E-state index in [1.165, 1.54) is 12.3 Å². The lowest BCUT2D eigenvalue weighted by atomic mass is 10.1. The Kier molecular flexibility index (Phi) is 3.49. The molecule has 1 aromatic rings. The first-order valence-corrected chi connectivity index (χ1v) is 5.19. The van der Waals surface area contributed by atoms with Crippen LogP contribution in [0, 0.1) is 0 Å². The zero-order valence-corrected chi connectivity index (χ0v) is 8.92. The summed E-state index contributed by atoms with van der Waals surface area (Å²) in [5.41, 5.74) is 0.680. The summed E-state index contributed by atoms with van der Waals surface area (Å²) in [6, 6.07) is 1.32. The second kappa shape index (κ2) is 4.89. The molecule has 2 rings (SSSR count). The minimum Gasteiger partial charge on any atom is -0.404 e. The maximum absolute atomic E-state index is 12.0. The van der Waals surface area contributed by atoms with Crippen molar-refractivity contribution in [3.63, 3.8) is 0 Å². The summed E-state index contributed by atoms with van der Waals surface area (Å²) in [7, 11) is 0. The van der Waals surface area contributed by atoms with Crippen LogP contribution in [-0.4, -0.2) is 31.0 Å². The third-order valence-electron chi connectivity index (χ3n) is 2.41. The van der Waals surface area contributed by atoms with Crippen molar-refractivity contribution >= 4 is 0 Å². The van der Waals surface area contributed by atoms with E-state index in [1.54, 1.807) is 0 Å². The fourth-order valence-corrected chi connectivity index (χ4v) is 1.70. The molecule has 0 amide bonds. The summed E-state index contributed by atoms with van der Waals surface area (Å²) in [6.45, 7) is 2.29. The van der Waals surface area contributed by atoms with Crippen molar-refractivity contribution in [1.29, 1.82) is 0 Å². The van der Waals surface area contributed by atoms with Crippen LogP contribution in [0.25, 0.3) is 0 Å². The van der Waals surface area contributed by atoms with Gasteiger partial charge in [0.25, 0.3) is 0 Å². The van der Waals surface area contributed by atoms with Crippen molar-refractivity contribution in [2.24, 2.45) is 0 Å². The molecule has 1 saturated heterocycles. The van der Waals surface area contributed by atoms with Crippen LogP contribution in [0.2, 0.25) is 0 Å². The Hall–Kier alpha value is -1.34. The molecule has 1 aliphatic rings. The zero-order chi connectivity index (χ0) is 12.3. The smallest absolute Gasteiger partial charge is 0.404 e. The number of rotatable bonds is 2. The van der Waals surface area contributed by atoms with Gasteiger partial charge in [-0.2, -0.15) is 0 Å².